The lowest BCUT2D eigenvalue weighted by Gasteiger charge is -2.23. The normalized spacial score (nSPS) is 14.9. The van der Waals surface area contributed by atoms with Gasteiger partial charge in [-0.3, -0.25) is 4.40 Å². The average Bonchev–Trinajstić information content (AvgIpc) is 2.88. The smallest absolute Gasteiger partial charge is 0.195 e. The van der Waals surface area contributed by atoms with Crippen molar-refractivity contribution in [1.82, 2.24) is 9.38 Å². The molecule has 3 aromatic heterocycles. The lowest BCUT2D eigenvalue weighted by Crippen LogP contribution is -2.26. The maximum Gasteiger partial charge on any atom is 0.195 e. The third-order valence-corrected chi connectivity index (χ3v) is 5.50. The molecule has 1 aliphatic carbocycles. The van der Waals surface area contributed by atoms with Gasteiger partial charge in [-0.15, -0.1) is 22.7 Å². The van der Waals surface area contributed by atoms with E-state index in [2.05, 4.69) is 38.4 Å². The molecular weight excluding hydrogens is 300 g/mol. The van der Waals surface area contributed by atoms with Crippen LogP contribution in [0.25, 0.3) is 4.96 Å². The molecule has 1 aliphatic rings. The number of rotatable bonds is 6. The Balaban J connectivity index is 1.74. The van der Waals surface area contributed by atoms with Gasteiger partial charge in [-0.2, -0.15) is 0 Å². The van der Waals surface area contributed by atoms with Crippen LogP contribution in [0.3, 0.4) is 0 Å². The van der Waals surface area contributed by atoms with Crippen molar-refractivity contribution in [3.8, 4) is 0 Å². The molecule has 3 heterocycles. The topological polar surface area (TPSA) is 46.6 Å². The Morgan fingerprint density at radius 2 is 2.24 bits per heavy atom. The van der Waals surface area contributed by atoms with E-state index in [4.69, 9.17) is 10.7 Å². The van der Waals surface area contributed by atoms with Gasteiger partial charge in [0.15, 0.2) is 10.8 Å². The summed E-state index contributed by atoms with van der Waals surface area (Å²) >= 11 is 3.51. The van der Waals surface area contributed by atoms with Crippen LogP contribution in [-0.4, -0.2) is 22.0 Å². The molecule has 4 rings (SSSR count). The number of fused-ring (bicyclic) bond motifs is 1. The van der Waals surface area contributed by atoms with E-state index in [1.807, 2.05) is 11.3 Å². The van der Waals surface area contributed by atoms with Crippen molar-refractivity contribution < 1.29 is 0 Å². The maximum atomic E-state index is 5.82. The van der Waals surface area contributed by atoms with Crippen molar-refractivity contribution in [3.05, 3.63) is 39.7 Å². The van der Waals surface area contributed by atoms with E-state index < -0.39 is 0 Å². The molecule has 0 atom stereocenters. The summed E-state index contributed by atoms with van der Waals surface area (Å²) < 4.78 is 2.21. The fourth-order valence-corrected chi connectivity index (χ4v) is 4.18. The zero-order valence-electron chi connectivity index (χ0n) is 11.7. The Labute approximate surface area is 131 Å². The Kier molecular flexibility index (Phi) is 3.45. The van der Waals surface area contributed by atoms with E-state index in [9.17, 15) is 0 Å². The molecular formula is C15H18N4S2. The van der Waals surface area contributed by atoms with E-state index in [-0.39, 0.29) is 0 Å². The molecule has 0 unspecified atom stereocenters. The van der Waals surface area contributed by atoms with Gasteiger partial charge in [-0.25, -0.2) is 4.98 Å². The second-order valence-corrected chi connectivity index (χ2v) is 7.32. The van der Waals surface area contributed by atoms with Gasteiger partial charge in [0.1, 0.15) is 0 Å². The minimum absolute atomic E-state index is 0.647. The highest BCUT2D eigenvalue weighted by atomic mass is 32.1. The number of aromatic nitrogens is 2. The van der Waals surface area contributed by atoms with E-state index in [1.165, 1.54) is 23.4 Å². The van der Waals surface area contributed by atoms with Gasteiger partial charge in [-0.1, -0.05) is 6.07 Å². The molecule has 4 nitrogen and oxygen atoms in total. The van der Waals surface area contributed by atoms with Crippen molar-refractivity contribution >= 4 is 33.5 Å². The van der Waals surface area contributed by atoms with Crippen LogP contribution >= 0.6 is 22.7 Å². The van der Waals surface area contributed by atoms with Gasteiger partial charge < -0.3 is 10.6 Å². The number of hydrogen-bond donors (Lipinski definition) is 1. The highest BCUT2D eigenvalue weighted by molar-refractivity contribution is 7.15. The maximum absolute atomic E-state index is 5.82. The molecule has 0 aliphatic heterocycles. The number of hydrogen-bond acceptors (Lipinski definition) is 5. The third-order valence-electron chi connectivity index (χ3n) is 3.89. The third kappa shape index (κ3) is 2.47. The Morgan fingerprint density at radius 1 is 1.33 bits per heavy atom. The minimum Gasteiger partial charge on any atom is -0.347 e. The standard InChI is InChI=1S/C15H18N4S2/c16-6-5-13-14(17-15-18(13)7-9-21-15)19(11-3-4-11)10-12-2-1-8-20-12/h1-2,7-9,11H,3-6,10,16H2. The Morgan fingerprint density at radius 3 is 2.95 bits per heavy atom. The molecule has 3 aromatic rings. The number of imidazole rings is 1. The predicted octanol–water partition coefficient (Wildman–Crippen LogP) is 3.13. The first-order valence-electron chi connectivity index (χ1n) is 7.30. The van der Waals surface area contributed by atoms with Crippen molar-refractivity contribution in [1.29, 1.82) is 0 Å². The lowest BCUT2D eigenvalue weighted by molar-refractivity contribution is 0.775. The van der Waals surface area contributed by atoms with Crippen molar-refractivity contribution in [2.75, 3.05) is 11.4 Å². The number of nitrogens with two attached hydrogens (primary N) is 1. The van der Waals surface area contributed by atoms with Crippen LogP contribution in [0.5, 0.6) is 0 Å². The molecule has 0 spiro atoms. The van der Waals surface area contributed by atoms with E-state index >= 15 is 0 Å². The van der Waals surface area contributed by atoms with Crippen molar-refractivity contribution in [3.63, 3.8) is 0 Å². The highest BCUT2D eigenvalue weighted by Crippen LogP contribution is 2.36. The molecule has 6 heteroatoms. The van der Waals surface area contributed by atoms with Gasteiger partial charge in [0.2, 0.25) is 0 Å². The first kappa shape index (κ1) is 13.3. The van der Waals surface area contributed by atoms with Crippen LogP contribution in [0.4, 0.5) is 5.82 Å². The summed E-state index contributed by atoms with van der Waals surface area (Å²) in [6, 6.07) is 4.98. The first-order chi connectivity index (χ1) is 10.4. The molecule has 2 N–H and O–H groups in total. The van der Waals surface area contributed by atoms with Crippen LogP contribution in [-0.2, 0) is 13.0 Å². The molecule has 21 heavy (non-hydrogen) atoms. The lowest BCUT2D eigenvalue weighted by atomic mass is 10.2. The minimum atomic E-state index is 0.647. The Bertz CT molecular complexity index is 724. The highest BCUT2D eigenvalue weighted by Gasteiger charge is 2.32. The van der Waals surface area contributed by atoms with Gasteiger partial charge in [0.25, 0.3) is 0 Å². The van der Waals surface area contributed by atoms with Crippen LogP contribution in [0.2, 0.25) is 0 Å². The molecule has 0 bridgehead atoms. The Hall–Kier alpha value is -1.37. The SMILES string of the molecule is NCCc1c(N(Cc2cccs2)C2CC2)nc2sccn12. The number of thiophene rings is 1. The van der Waals surface area contributed by atoms with Crippen LogP contribution in [0.15, 0.2) is 29.1 Å². The summed E-state index contributed by atoms with van der Waals surface area (Å²) in [6.45, 7) is 1.62. The first-order valence-corrected chi connectivity index (χ1v) is 9.06. The summed E-state index contributed by atoms with van der Waals surface area (Å²) in [5, 5.41) is 4.24. The zero-order valence-corrected chi connectivity index (χ0v) is 13.4. The molecule has 0 aromatic carbocycles. The van der Waals surface area contributed by atoms with Crippen molar-refractivity contribution in [2.45, 2.75) is 31.8 Å². The molecule has 1 fully saturated rings. The zero-order chi connectivity index (χ0) is 14.2. The largest absolute Gasteiger partial charge is 0.347 e. The number of anilines is 1. The second-order valence-electron chi connectivity index (χ2n) is 5.41. The van der Waals surface area contributed by atoms with E-state index in [1.54, 1.807) is 11.3 Å². The van der Waals surface area contributed by atoms with Gasteiger partial charge in [-0.05, 0) is 30.8 Å². The summed E-state index contributed by atoms with van der Waals surface area (Å²) in [6.07, 6.45) is 5.54. The van der Waals surface area contributed by atoms with Crippen LogP contribution < -0.4 is 10.6 Å². The molecule has 110 valence electrons. The predicted molar refractivity (Wildman–Crippen MR) is 89.4 cm³/mol. The van der Waals surface area contributed by atoms with E-state index in [0.29, 0.717) is 12.6 Å². The summed E-state index contributed by atoms with van der Waals surface area (Å²) in [4.78, 5) is 9.85. The summed E-state index contributed by atoms with van der Waals surface area (Å²) in [5.41, 5.74) is 7.08. The summed E-state index contributed by atoms with van der Waals surface area (Å²) in [7, 11) is 0. The number of nitrogens with zero attached hydrogens (tertiary/aromatic N) is 3. The molecule has 1 saturated carbocycles. The van der Waals surface area contributed by atoms with Gasteiger partial charge in [0, 0.05) is 28.9 Å². The summed E-state index contributed by atoms with van der Waals surface area (Å²) in [5.74, 6) is 1.14. The van der Waals surface area contributed by atoms with Crippen LogP contribution in [0, 0.1) is 0 Å². The van der Waals surface area contributed by atoms with Gasteiger partial charge >= 0.3 is 0 Å². The van der Waals surface area contributed by atoms with Crippen LogP contribution in [0.1, 0.15) is 23.4 Å². The van der Waals surface area contributed by atoms with E-state index in [0.717, 1.165) is 23.7 Å². The quantitative estimate of drug-likeness (QED) is 0.759. The molecule has 0 amide bonds. The molecule has 0 saturated heterocycles. The average molecular weight is 318 g/mol. The monoisotopic (exact) mass is 318 g/mol. The fourth-order valence-electron chi connectivity index (χ4n) is 2.75. The molecule has 0 radical (unpaired) electrons. The second kappa shape index (κ2) is 5.44. The van der Waals surface area contributed by atoms with Crippen molar-refractivity contribution in [2.24, 2.45) is 5.73 Å². The number of thiazole rings is 1. The fraction of sp³-hybridized carbons (Fsp3) is 0.400. The van der Waals surface area contributed by atoms with Gasteiger partial charge in [0.05, 0.1) is 12.2 Å².